The van der Waals surface area contributed by atoms with Crippen molar-refractivity contribution < 1.29 is 0 Å². The second-order valence-corrected chi connectivity index (χ2v) is 6.69. The van der Waals surface area contributed by atoms with Gasteiger partial charge < -0.3 is 5.73 Å². The number of nitrogens with zero attached hydrogens (tertiary/aromatic N) is 5. The normalized spacial score (nSPS) is 13.8. The van der Waals surface area contributed by atoms with Gasteiger partial charge in [0.05, 0.1) is 40.9 Å². The molecule has 0 spiro atoms. The van der Waals surface area contributed by atoms with E-state index in [0.29, 0.717) is 6.42 Å². The Hall–Kier alpha value is -3.58. The molecule has 0 aliphatic heterocycles. The molecule has 0 fully saturated rings. The fraction of sp³-hybridized carbons (Fsp3) is 0.182. The summed E-state index contributed by atoms with van der Waals surface area (Å²) in [7, 11) is 0. The third-order valence-corrected chi connectivity index (χ3v) is 4.85. The highest BCUT2D eigenvalue weighted by Crippen LogP contribution is 2.21. The Kier molecular flexibility index (Phi) is 5.31. The minimum Gasteiger partial charge on any atom is -0.322 e. The highest BCUT2D eigenvalue weighted by molar-refractivity contribution is 5.56. The molecule has 0 saturated carbocycles. The molecule has 3 N–H and O–H groups in total. The maximum Gasteiger partial charge on any atom is 0.0884 e. The predicted molar refractivity (Wildman–Crippen MR) is 113 cm³/mol. The van der Waals surface area contributed by atoms with E-state index in [1.165, 1.54) is 0 Å². The monoisotopic (exact) mass is 385 g/mol. The van der Waals surface area contributed by atoms with Gasteiger partial charge in [-0.15, -0.1) is 0 Å². The van der Waals surface area contributed by atoms with Crippen molar-refractivity contribution in [3.05, 3.63) is 77.1 Å². The number of aromatic amines is 1. The zero-order chi connectivity index (χ0) is 20.2. The largest absolute Gasteiger partial charge is 0.322 e. The maximum atomic E-state index is 6.58. The first-order valence-electron chi connectivity index (χ1n) is 9.54. The molecule has 4 aromatic heterocycles. The first-order chi connectivity index (χ1) is 14.2. The molecule has 146 valence electrons. The number of nitrogens with one attached hydrogen (secondary N) is 1. The van der Waals surface area contributed by atoms with Crippen LogP contribution in [0.25, 0.3) is 29.1 Å². The Morgan fingerprint density at radius 3 is 2.79 bits per heavy atom. The van der Waals surface area contributed by atoms with Crippen LogP contribution in [0.4, 0.5) is 0 Å². The minimum absolute atomic E-state index is 0.318. The molecule has 0 bridgehead atoms. The molecule has 0 saturated heterocycles. The lowest BCUT2D eigenvalue weighted by atomic mass is 10.1. The second-order valence-electron chi connectivity index (χ2n) is 6.69. The molecule has 4 rings (SSSR count). The van der Waals surface area contributed by atoms with Crippen molar-refractivity contribution in [2.45, 2.75) is 26.3 Å². The van der Waals surface area contributed by atoms with Crippen LogP contribution in [0.15, 0.2) is 55.1 Å². The summed E-state index contributed by atoms with van der Waals surface area (Å²) in [5.74, 6) is 0. The van der Waals surface area contributed by atoms with Crippen LogP contribution < -0.4 is 16.3 Å². The zero-order valence-electron chi connectivity index (χ0n) is 16.4. The Balaban J connectivity index is 1.69. The molecule has 0 unspecified atom stereocenters. The van der Waals surface area contributed by atoms with Gasteiger partial charge in [0.15, 0.2) is 0 Å². The van der Waals surface area contributed by atoms with Gasteiger partial charge in [0.2, 0.25) is 0 Å². The Labute approximate surface area is 168 Å². The summed E-state index contributed by atoms with van der Waals surface area (Å²) in [5, 5.41) is 13.5. The molecule has 0 aliphatic rings. The van der Waals surface area contributed by atoms with E-state index >= 15 is 0 Å². The van der Waals surface area contributed by atoms with Crippen LogP contribution in [0.5, 0.6) is 0 Å². The van der Waals surface area contributed by atoms with Crippen molar-refractivity contribution >= 4 is 12.2 Å². The molecule has 1 atom stereocenters. The standard InChI is InChI=1S/C22H23N7/c1-3-15-14-27-29(20(15)4-2)21-9-6-10-24-22(21)18(23)11-17-7-5-8-19(28-17)16-12-25-26-13-16/h3-10,12-14,18H,11,23H2,1-2H3,(H,25,26)/b15-3-,20-4+/t18-/m0/s1. The average Bonchev–Trinajstić information content (AvgIpc) is 3.43. The van der Waals surface area contributed by atoms with E-state index in [-0.39, 0.29) is 6.04 Å². The van der Waals surface area contributed by atoms with Gasteiger partial charge in [-0.05, 0) is 38.1 Å². The second kappa shape index (κ2) is 8.20. The lowest BCUT2D eigenvalue weighted by Crippen LogP contribution is -2.29. The summed E-state index contributed by atoms with van der Waals surface area (Å²) in [4.78, 5) is 9.31. The van der Waals surface area contributed by atoms with Gasteiger partial charge >= 0.3 is 0 Å². The summed E-state index contributed by atoms with van der Waals surface area (Å²) in [6.07, 6.45) is 11.8. The molecule has 7 nitrogen and oxygen atoms in total. The fourth-order valence-corrected chi connectivity index (χ4v) is 3.41. The van der Waals surface area contributed by atoms with Crippen molar-refractivity contribution in [2.24, 2.45) is 5.73 Å². The molecular formula is C22H23N7. The van der Waals surface area contributed by atoms with Crippen molar-refractivity contribution in [1.82, 2.24) is 29.9 Å². The quantitative estimate of drug-likeness (QED) is 0.547. The summed E-state index contributed by atoms with van der Waals surface area (Å²) < 4.78 is 1.90. The number of pyridine rings is 2. The maximum absolute atomic E-state index is 6.58. The van der Waals surface area contributed by atoms with Crippen LogP contribution in [-0.4, -0.2) is 29.9 Å². The van der Waals surface area contributed by atoms with E-state index in [1.54, 1.807) is 12.4 Å². The van der Waals surface area contributed by atoms with Gasteiger partial charge in [-0.2, -0.15) is 10.2 Å². The molecule has 4 heterocycles. The van der Waals surface area contributed by atoms with Crippen molar-refractivity contribution in [3.63, 3.8) is 0 Å². The Morgan fingerprint density at radius 1 is 1.14 bits per heavy atom. The van der Waals surface area contributed by atoms with Gasteiger partial charge in [0.1, 0.15) is 0 Å². The van der Waals surface area contributed by atoms with Gasteiger partial charge in [-0.3, -0.25) is 15.1 Å². The summed E-state index contributed by atoms with van der Waals surface area (Å²) in [6.45, 7) is 4.00. The molecule has 7 heteroatoms. The number of nitrogens with two attached hydrogens (primary N) is 1. The van der Waals surface area contributed by atoms with Crippen LogP contribution in [0, 0.1) is 0 Å². The van der Waals surface area contributed by atoms with Crippen LogP contribution in [0.1, 0.15) is 31.3 Å². The van der Waals surface area contributed by atoms with Crippen LogP contribution in [0.2, 0.25) is 0 Å². The Morgan fingerprint density at radius 2 is 2.03 bits per heavy atom. The minimum atomic E-state index is -0.318. The van der Waals surface area contributed by atoms with Gasteiger partial charge in [0, 0.05) is 35.3 Å². The predicted octanol–water partition coefficient (Wildman–Crippen LogP) is 1.90. The van der Waals surface area contributed by atoms with Gasteiger partial charge in [-0.1, -0.05) is 18.2 Å². The van der Waals surface area contributed by atoms with Crippen molar-refractivity contribution in [1.29, 1.82) is 0 Å². The van der Waals surface area contributed by atoms with E-state index in [9.17, 15) is 0 Å². The number of rotatable bonds is 5. The number of hydrogen-bond acceptors (Lipinski definition) is 5. The fourth-order valence-electron chi connectivity index (χ4n) is 3.41. The van der Waals surface area contributed by atoms with Crippen molar-refractivity contribution in [3.8, 4) is 16.9 Å². The van der Waals surface area contributed by atoms with E-state index in [0.717, 1.165) is 38.9 Å². The number of aromatic nitrogens is 6. The molecule has 0 radical (unpaired) electrons. The van der Waals surface area contributed by atoms with Gasteiger partial charge in [0.25, 0.3) is 0 Å². The topological polar surface area (TPSA) is 98.3 Å². The first-order valence-corrected chi connectivity index (χ1v) is 9.54. The average molecular weight is 385 g/mol. The molecule has 0 amide bonds. The van der Waals surface area contributed by atoms with Crippen molar-refractivity contribution in [2.75, 3.05) is 0 Å². The Bertz CT molecular complexity index is 1220. The van der Waals surface area contributed by atoms with Crippen LogP contribution in [-0.2, 0) is 6.42 Å². The van der Waals surface area contributed by atoms with Crippen LogP contribution in [0.3, 0.4) is 0 Å². The molecule has 4 aromatic rings. The summed E-state index contributed by atoms with van der Waals surface area (Å²) in [6, 6.07) is 9.51. The first kappa shape index (κ1) is 18.8. The molecule has 0 aliphatic carbocycles. The van der Waals surface area contributed by atoms with E-state index < -0.39 is 0 Å². The van der Waals surface area contributed by atoms with Crippen LogP contribution >= 0.6 is 0 Å². The van der Waals surface area contributed by atoms with Gasteiger partial charge in [-0.25, -0.2) is 4.68 Å². The summed E-state index contributed by atoms with van der Waals surface area (Å²) >= 11 is 0. The van der Waals surface area contributed by atoms with E-state index in [2.05, 4.69) is 20.3 Å². The molecular weight excluding hydrogens is 362 g/mol. The highest BCUT2D eigenvalue weighted by atomic mass is 15.3. The number of H-pyrrole nitrogens is 1. The van der Waals surface area contributed by atoms with E-state index in [4.69, 9.17) is 10.7 Å². The number of hydrogen-bond donors (Lipinski definition) is 2. The molecule has 0 aromatic carbocycles. The third-order valence-electron chi connectivity index (χ3n) is 4.85. The lowest BCUT2D eigenvalue weighted by Gasteiger charge is -2.15. The zero-order valence-corrected chi connectivity index (χ0v) is 16.4. The SMILES string of the molecule is C/C=c1/cnn(-c2cccnc2[C@@H](N)Cc2cccc(-c3cn[nH]c3)n2)/c1=C/C. The van der Waals surface area contributed by atoms with E-state index in [1.807, 2.05) is 73.4 Å². The smallest absolute Gasteiger partial charge is 0.0884 e. The molecule has 29 heavy (non-hydrogen) atoms. The third kappa shape index (κ3) is 3.72. The highest BCUT2D eigenvalue weighted by Gasteiger charge is 2.17. The lowest BCUT2D eigenvalue weighted by molar-refractivity contribution is 0.668. The summed E-state index contributed by atoms with van der Waals surface area (Å²) in [5.41, 5.74) is 11.0.